The first kappa shape index (κ1) is 31.4. The van der Waals surface area contributed by atoms with Gasteiger partial charge in [0.2, 0.25) is 11.8 Å². The molecule has 2 aliphatic rings. The lowest BCUT2D eigenvalue weighted by Crippen LogP contribution is -2.76. The number of nitrogens with one attached hydrogen (secondary N) is 1. The average Bonchev–Trinajstić information content (AvgIpc) is 3.07. The molecule has 0 bridgehead atoms. The van der Waals surface area contributed by atoms with E-state index >= 15 is 0 Å². The standard InChI is InChI=1S/C37H37N5O5/c1-2-19-40-25-35(45)41-32(21-26-15-17-30(43)18-16-26)36(46)39(23-28-11-8-12-29(20-28)31-13-6-7-14-33(31)44)24-34(41)42(40)37(47)38-22-27-9-4-3-5-10-27/h2-18,20,32,34,43-44H,1,19,21-25H2,(H,38,47)/t32-,34-/m0/s1. The van der Waals surface area contributed by atoms with E-state index in [9.17, 15) is 24.6 Å². The van der Waals surface area contributed by atoms with Gasteiger partial charge in [0.25, 0.3) is 0 Å². The molecule has 6 rings (SSSR count). The zero-order valence-electron chi connectivity index (χ0n) is 25.9. The fourth-order valence-corrected chi connectivity index (χ4v) is 6.33. The molecule has 0 spiro atoms. The molecule has 240 valence electrons. The van der Waals surface area contributed by atoms with Crippen LogP contribution in [0.1, 0.15) is 16.7 Å². The van der Waals surface area contributed by atoms with Gasteiger partial charge in [-0.3, -0.25) is 9.59 Å². The van der Waals surface area contributed by atoms with Gasteiger partial charge < -0.3 is 25.3 Å². The Kier molecular flexibility index (Phi) is 9.21. The first-order valence-electron chi connectivity index (χ1n) is 15.5. The highest BCUT2D eigenvalue weighted by Crippen LogP contribution is 2.32. The highest BCUT2D eigenvalue weighted by Gasteiger charge is 2.51. The summed E-state index contributed by atoms with van der Waals surface area (Å²) in [6.07, 6.45) is 1.06. The lowest BCUT2D eigenvalue weighted by atomic mass is 9.97. The third-order valence-electron chi connectivity index (χ3n) is 8.55. The molecular weight excluding hydrogens is 594 g/mol. The van der Waals surface area contributed by atoms with Crippen molar-refractivity contribution < 1.29 is 24.6 Å². The van der Waals surface area contributed by atoms with Crippen LogP contribution in [0.3, 0.4) is 0 Å². The number of benzene rings is 4. The third-order valence-corrected chi connectivity index (χ3v) is 8.55. The first-order chi connectivity index (χ1) is 22.8. The number of carbonyl (C=O) groups is 3. The molecule has 0 unspecified atom stereocenters. The molecule has 0 aromatic heterocycles. The van der Waals surface area contributed by atoms with Crippen molar-refractivity contribution in [1.82, 2.24) is 25.1 Å². The molecule has 0 radical (unpaired) electrons. The summed E-state index contributed by atoms with van der Waals surface area (Å²) in [7, 11) is 0. The lowest BCUT2D eigenvalue weighted by molar-refractivity contribution is -0.189. The number of nitrogens with zero attached hydrogens (tertiary/aromatic N) is 4. The number of phenolic OH excluding ortho intramolecular Hbond substituents is 2. The van der Waals surface area contributed by atoms with Gasteiger partial charge in [-0.2, -0.15) is 0 Å². The zero-order chi connectivity index (χ0) is 32.9. The molecule has 0 saturated carbocycles. The average molecular weight is 632 g/mol. The molecule has 4 aromatic rings. The predicted octanol–water partition coefficient (Wildman–Crippen LogP) is 4.50. The van der Waals surface area contributed by atoms with Crippen LogP contribution in [0.5, 0.6) is 11.5 Å². The number of hydrazine groups is 1. The van der Waals surface area contributed by atoms with E-state index in [1.54, 1.807) is 62.3 Å². The Morgan fingerprint density at radius 3 is 2.34 bits per heavy atom. The molecule has 2 atom stereocenters. The highest BCUT2D eigenvalue weighted by molar-refractivity contribution is 5.91. The minimum atomic E-state index is -0.887. The summed E-state index contributed by atoms with van der Waals surface area (Å²) >= 11 is 0. The van der Waals surface area contributed by atoms with Gasteiger partial charge in [0.15, 0.2) is 0 Å². The summed E-state index contributed by atoms with van der Waals surface area (Å²) in [4.78, 5) is 45.3. The molecule has 4 amide bonds. The van der Waals surface area contributed by atoms with Crippen molar-refractivity contribution in [3.8, 4) is 22.6 Å². The molecule has 3 N–H and O–H groups in total. The minimum Gasteiger partial charge on any atom is -0.508 e. The molecule has 47 heavy (non-hydrogen) atoms. The summed E-state index contributed by atoms with van der Waals surface area (Å²) in [5.74, 6) is -0.244. The Morgan fingerprint density at radius 2 is 1.60 bits per heavy atom. The normalized spacial score (nSPS) is 18.2. The van der Waals surface area contributed by atoms with Crippen LogP contribution >= 0.6 is 0 Å². The number of amides is 4. The lowest BCUT2D eigenvalue weighted by Gasteiger charge is -2.55. The van der Waals surface area contributed by atoms with Gasteiger partial charge in [-0.25, -0.2) is 14.8 Å². The number of aromatic hydroxyl groups is 2. The number of piperazine rings is 1. The van der Waals surface area contributed by atoms with Gasteiger partial charge in [-0.15, -0.1) is 6.58 Å². The zero-order valence-corrected chi connectivity index (χ0v) is 25.9. The van der Waals surface area contributed by atoms with E-state index in [1.165, 1.54) is 0 Å². The van der Waals surface area contributed by atoms with Crippen molar-refractivity contribution in [2.45, 2.75) is 31.7 Å². The maximum atomic E-state index is 14.3. The molecule has 10 nitrogen and oxygen atoms in total. The number of para-hydroxylation sites is 1. The van der Waals surface area contributed by atoms with Crippen LogP contribution in [-0.4, -0.2) is 79.7 Å². The van der Waals surface area contributed by atoms with Crippen molar-refractivity contribution >= 4 is 17.8 Å². The highest BCUT2D eigenvalue weighted by atomic mass is 16.3. The number of urea groups is 1. The van der Waals surface area contributed by atoms with Crippen LogP contribution in [0.4, 0.5) is 4.79 Å². The predicted molar refractivity (Wildman–Crippen MR) is 177 cm³/mol. The van der Waals surface area contributed by atoms with Crippen molar-refractivity contribution in [2.24, 2.45) is 0 Å². The number of fused-ring (bicyclic) bond motifs is 1. The molecule has 2 fully saturated rings. The van der Waals surface area contributed by atoms with Gasteiger partial charge in [0.05, 0.1) is 13.1 Å². The van der Waals surface area contributed by atoms with E-state index in [4.69, 9.17) is 0 Å². The fraction of sp³-hybridized carbons (Fsp3) is 0.216. The van der Waals surface area contributed by atoms with Crippen molar-refractivity contribution in [1.29, 1.82) is 0 Å². The van der Waals surface area contributed by atoms with Gasteiger partial charge >= 0.3 is 6.03 Å². The summed E-state index contributed by atoms with van der Waals surface area (Å²) < 4.78 is 0. The third kappa shape index (κ3) is 6.83. The van der Waals surface area contributed by atoms with E-state index in [1.807, 2.05) is 66.7 Å². The maximum absolute atomic E-state index is 14.3. The maximum Gasteiger partial charge on any atom is 0.334 e. The second kappa shape index (κ2) is 13.8. The molecule has 10 heteroatoms. The van der Waals surface area contributed by atoms with Crippen LogP contribution in [-0.2, 0) is 29.1 Å². The van der Waals surface area contributed by atoms with E-state index in [0.29, 0.717) is 5.56 Å². The molecule has 0 aliphatic carbocycles. The van der Waals surface area contributed by atoms with Crippen molar-refractivity contribution in [2.75, 3.05) is 19.6 Å². The summed E-state index contributed by atoms with van der Waals surface area (Å²) in [5.41, 5.74) is 4.01. The van der Waals surface area contributed by atoms with E-state index in [2.05, 4.69) is 11.9 Å². The molecule has 2 heterocycles. The van der Waals surface area contributed by atoms with E-state index < -0.39 is 18.2 Å². The van der Waals surface area contributed by atoms with Crippen LogP contribution in [0.2, 0.25) is 0 Å². The van der Waals surface area contributed by atoms with Crippen molar-refractivity contribution in [3.05, 3.63) is 132 Å². The topological polar surface area (TPSA) is 117 Å². The van der Waals surface area contributed by atoms with Crippen molar-refractivity contribution in [3.63, 3.8) is 0 Å². The number of hydrogen-bond acceptors (Lipinski definition) is 6. The number of rotatable bonds is 9. The number of phenols is 2. The quantitative estimate of drug-likeness (QED) is 0.234. The molecule has 4 aromatic carbocycles. The monoisotopic (exact) mass is 631 g/mol. The Hall–Kier alpha value is -5.61. The summed E-state index contributed by atoms with van der Waals surface area (Å²) in [5, 5.41) is 26.5. The minimum absolute atomic E-state index is 0.0872. The summed E-state index contributed by atoms with van der Waals surface area (Å²) in [6, 6.07) is 29.6. The van der Waals surface area contributed by atoms with Crippen LogP contribution in [0.25, 0.3) is 11.1 Å². The largest absolute Gasteiger partial charge is 0.508 e. The van der Waals surface area contributed by atoms with Crippen LogP contribution in [0.15, 0.2) is 116 Å². The Balaban J connectivity index is 1.35. The van der Waals surface area contributed by atoms with Gasteiger partial charge in [0.1, 0.15) is 23.7 Å². The Labute approximate surface area is 273 Å². The molecule has 2 saturated heterocycles. The van der Waals surface area contributed by atoms with Gasteiger partial charge in [-0.05, 0) is 46.5 Å². The second-order valence-electron chi connectivity index (χ2n) is 11.7. The van der Waals surface area contributed by atoms with Gasteiger partial charge in [0, 0.05) is 31.6 Å². The SMILES string of the molecule is C=CCN1CC(=O)N2[C@@H](Cc3ccc(O)cc3)C(=O)N(Cc3cccc(-c4ccccc4O)c3)C[C@@H]2N1C(=O)NCc1ccccc1. The first-order valence-corrected chi connectivity index (χ1v) is 15.5. The fourth-order valence-electron chi connectivity index (χ4n) is 6.33. The van der Waals surface area contributed by atoms with Crippen LogP contribution in [0, 0.1) is 0 Å². The summed E-state index contributed by atoms with van der Waals surface area (Å²) in [6.45, 7) is 4.61. The van der Waals surface area contributed by atoms with E-state index in [-0.39, 0.29) is 62.5 Å². The second-order valence-corrected chi connectivity index (χ2v) is 11.7. The molecule has 2 aliphatic heterocycles. The Bertz CT molecular complexity index is 1760. The molecular formula is C37H37N5O5. The van der Waals surface area contributed by atoms with E-state index in [0.717, 1.165) is 22.3 Å². The smallest absolute Gasteiger partial charge is 0.334 e. The number of carbonyl (C=O) groups excluding carboxylic acids is 3. The van der Waals surface area contributed by atoms with Gasteiger partial charge in [-0.1, -0.05) is 84.9 Å². The Morgan fingerprint density at radius 1 is 0.872 bits per heavy atom. The van der Waals surface area contributed by atoms with Crippen LogP contribution < -0.4 is 5.32 Å². The number of hydrogen-bond donors (Lipinski definition) is 3.